The molecule has 0 aromatic heterocycles. The molecule has 108 valence electrons. The molecule has 0 heterocycles. The third-order valence-electron chi connectivity index (χ3n) is 2.14. The Labute approximate surface area is 128 Å². The number of hydrogen-bond acceptors (Lipinski definition) is 2. The highest BCUT2D eigenvalue weighted by atomic mass is 127. The van der Waals surface area contributed by atoms with Crippen LogP contribution < -0.4 is 16.0 Å². The number of carbonyl (C=O) groups is 1. The molecule has 0 aromatic rings. The molecular weight excluding hydrogens is 343 g/mol. The molecule has 6 heteroatoms. The van der Waals surface area contributed by atoms with Gasteiger partial charge in [0.2, 0.25) is 5.91 Å². The number of rotatable bonds is 7. The molecule has 0 aliphatic rings. The third kappa shape index (κ3) is 11.9. The van der Waals surface area contributed by atoms with Crippen LogP contribution in [-0.2, 0) is 4.79 Å². The lowest BCUT2D eigenvalue weighted by Crippen LogP contribution is -2.40. The molecule has 1 amide bonds. The number of amides is 1. The molecular formula is C12H27IN4O. The SMILES string of the molecule is CCCCNC(=NC)NCCC(=O)NC(C)C.I. The Morgan fingerprint density at radius 3 is 2.33 bits per heavy atom. The van der Waals surface area contributed by atoms with E-state index in [4.69, 9.17) is 0 Å². The summed E-state index contributed by atoms with van der Waals surface area (Å²) in [6, 6.07) is 0.199. The highest BCUT2D eigenvalue weighted by Crippen LogP contribution is 1.84. The van der Waals surface area contributed by atoms with Gasteiger partial charge in [0.05, 0.1) is 0 Å². The van der Waals surface area contributed by atoms with E-state index in [-0.39, 0.29) is 35.9 Å². The van der Waals surface area contributed by atoms with Gasteiger partial charge in [0.25, 0.3) is 0 Å². The molecule has 0 aliphatic heterocycles. The molecule has 0 bridgehead atoms. The van der Waals surface area contributed by atoms with Crippen molar-refractivity contribution in [1.29, 1.82) is 0 Å². The lowest BCUT2D eigenvalue weighted by molar-refractivity contribution is -0.121. The summed E-state index contributed by atoms with van der Waals surface area (Å²) in [5.41, 5.74) is 0. The van der Waals surface area contributed by atoms with Gasteiger partial charge < -0.3 is 16.0 Å². The Kier molecular flexibility index (Phi) is 14.2. The number of nitrogens with one attached hydrogen (secondary N) is 3. The van der Waals surface area contributed by atoms with Crippen molar-refractivity contribution in [2.45, 2.75) is 46.1 Å². The van der Waals surface area contributed by atoms with Crippen molar-refractivity contribution in [2.75, 3.05) is 20.1 Å². The van der Waals surface area contributed by atoms with Gasteiger partial charge in [-0.25, -0.2) is 0 Å². The molecule has 0 unspecified atom stereocenters. The van der Waals surface area contributed by atoms with E-state index in [1.54, 1.807) is 7.05 Å². The van der Waals surface area contributed by atoms with Crippen molar-refractivity contribution >= 4 is 35.8 Å². The van der Waals surface area contributed by atoms with Crippen LogP contribution in [0.25, 0.3) is 0 Å². The summed E-state index contributed by atoms with van der Waals surface area (Å²) in [4.78, 5) is 15.5. The number of guanidine groups is 1. The Balaban J connectivity index is 0. The molecule has 0 radical (unpaired) electrons. The van der Waals surface area contributed by atoms with Crippen LogP contribution in [0, 0.1) is 0 Å². The highest BCUT2D eigenvalue weighted by Gasteiger charge is 2.03. The zero-order valence-corrected chi connectivity index (χ0v) is 14.2. The monoisotopic (exact) mass is 370 g/mol. The molecule has 0 rings (SSSR count). The number of carbonyl (C=O) groups excluding carboxylic acids is 1. The van der Waals surface area contributed by atoms with Crippen LogP contribution in [0.15, 0.2) is 4.99 Å². The number of unbranched alkanes of at least 4 members (excludes halogenated alkanes) is 1. The number of aliphatic imine (C=N–C) groups is 1. The van der Waals surface area contributed by atoms with Crippen molar-refractivity contribution in [1.82, 2.24) is 16.0 Å². The van der Waals surface area contributed by atoms with E-state index in [9.17, 15) is 4.79 Å². The molecule has 5 nitrogen and oxygen atoms in total. The van der Waals surface area contributed by atoms with Gasteiger partial charge >= 0.3 is 0 Å². The summed E-state index contributed by atoms with van der Waals surface area (Å²) in [6.07, 6.45) is 2.74. The Bertz CT molecular complexity index is 244. The fraction of sp³-hybridized carbons (Fsp3) is 0.833. The van der Waals surface area contributed by atoms with Crippen LogP contribution in [-0.4, -0.2) is 38.0 Å². The molecule has 0 spiro atoms. The molecule has 0 saturated carbocycles. The second kappa shape index (κ2) is 12.9. The van der Waals surface area contributed by atoms with Gasteiger partial charge in [0.15, 0.2) is 5.96 Å². The number of hydrogen-bond donors (Lipinski definition) is 3. The van der Waals surface area contributed by atoms with E-state index >= 15 is 0 Å². The van der Waals surface area contributed by atoms with Crippen LogP contribution in [0.4, 0.5) is 0 Å². The van der Waals surface area contributed by atoms with Crippen molar-refractivity contribution < 1.29 is 4.79 Å². The maximum atomic E-state index is 11.4. The van der Waals surface area contributed by atoms with Crippen LogP contribution in [0.2, 0.25) is 0 Å². The van der Waals surface area contributed by atoms with Gasteiger partial charge in [-0.3, -0.25) is 9.79 Å². The summed E-state index contributed by atoms with van der Waals surface area (Å²) in [5, 5.41) is 9.15. The summed E-state index contributed by atoms with van der Waals surface area (Å²) in [5.74, 6) is 0.826. The van der Waals surface area contributed by atoms with E-state index in [2.05, 4.69) is 27.9 Å². The van der Waals surface area contributed by atoms with E-state index in [0.29, 0.717) is 13.0 Å². The minimum Gasteiger partial charge on any atom is -0.356 e. The quantitative estimate of drug-likeness (QED) is 0.275. The maximum Gasteiger partial charge on any atom is 0.221 e. The van der Waals surface area contributed by atoms with Gasteiger partial charge in [-0.1, -0.05) is 13.3 Å². The highest BCUT2D eigenvalue weighted by molar-refractivity contribution is 14.0. The second-order valence-corrected chi connectivity index (χ2v) is 4.25. The number of halogens is 1. The summed E-state index contributed by atoms with van der Waals surface area (Å²) < 4.78 is 0. The van der Waals surface area contributed by atoms with Crippen molar-refractivity contribution in [3.05, 3.63) is 0 Å². The second-order valence-electron chi connectivity index (χ2n) is 4.25. The fourth-order valence-corrected chi connectivity index (χ4v) is 1.29. The molecule has 18 heavy (non-hydrogen) atoms. The topological polar surface area (TPSA) is 65.5 Å². The first-order valence-electron chi connectivity index (χ1n) is 6.34. The zero-order valence-electron chi connectivity index (χ0n) is 11.9. The molecule has 0 saturated heterocycles. The van der Waals surface area contributed by atoms with E-state index in [1.165, 1.54) is 0 Å². The first-order valence-corrected chi connectivity index (χ1v) is 6.34. The molecule has 0 aromatic carbocycles. The average molecular weight is 370 g/mol. The fourth-order valence-electron chi connectivity index (χ4n) is 1.29. The summed E-state index contributed by atoms with van der Waals surface area (Å²) in [7, 11) is 1.73. The Morgan fingerprint density at radius 1 is 1.22 bits per heavy atom. The van der Waals surface area contributed by atoms with Gasteiger partial charge in [0.1, 0.15) is 0 Å². The standard InChI is InChI=1S/C12H26N4O.HI/c1-5-6-8-14-12(13-4)15-9-7-11(17)16-10(2)3;/h10H,5-9H2,1-4H3,(H,16,17)(H2,13,14,15);1H. The summed E-state index contributed by atoms with van der Waals surface area (Å²) >= 11 is 0. The predicted octanol–water partition coefficient (Wildman–Crippen LogP) is 1.48. The van der Waals surface area contributed by atoms with Crippen LogP contribution in [0.1, 0.15) is 40.0 Å². The van der Waals surface area contributed by atoms with E-state index in [0.717, 1.165) is 25.3 Å². The minimum atomic E-state index is 0. The van der Waals surface area contributed by atoms with Gasteiger partial charge in [-0.2, -0.15) is 0 Å². The average Bonchev–Trinajstić information content (AvgIpc) is 2.26. The van der Waals surface area contributed by atoms with Crippen LogP contribution in [0.5, 0.6) is 0 Å². The van der Waals surface area contributed by atoms with Crippen molar-refractivity contribution in [2.24, 2.45) is 4.99 Å². The first kappa shape index (κ1) is 19.8. The van der Waals surface area contributed by atoms with Crippen LogP contribution in [0.3, 0.4) is 0 Å². The lowest BCUT2D eigenvalue weighted by atomic mass is 10.3. The van der Waals surface area contributed by atoms with Crippen molar-refractivity contribution in [3.8, 4) is 0 Å². The normalized spacial score (nSPS) is 10.8. The Hall–Kier alpha value is -0.530. The van der Waals surface area contributed by atoms with Gasteiger partial charge in [0, 0.05) is 32.6 Å². The van der Waals surface area contributed by atoms with Gasteiger partial charge in [-0.05, 0) is 20.3 Å². The Morgan fingerprint density at radius 2 is 1.83 bits per heavy atom. The largest absolute Gasteiger partial charge is 0.356 e. The zero-order chi connectivity index (χ0) is 13.1. The summed E-state index contributed by atoms with van der Waals surface area (Å²) in [6.45, 7) is 7.57. The molecule has 0 fully saturated rings. The smallest absolute Gasteiger partial charge is 0.221 e. The molecule has 3 N–H and O–H groups in total. The first-order chi connectivity index (χ1) is 8.10. The lowest BCUT2D eigenvalue weighted by Gasteiger charge is -2.12. The number of nitrogens with zero attached hydrogens (tertiary/aromatic N) is 1. The maximum absolute atomic E-state index is 11.4. The van der Waals surface area contributed by atoms with Crippen molar-refractivity contribution in [3.63, 3.8) is 0 Å². The van der Waals surface area contributed by atoms with E-state index < -0.39 is 0 Å². The molecule has 0 atom stereocenters. The molecule has 0 aliphatic carbocycles. The van der Waals surface area contributed by atoms with Crippen LogP contribution >= 0.6 is 24.0 Å². The third-order valence-corrected chi connectivity index (χ3v) is 2.14. The van der Waals surface area contributed by atoms with E-state index in [1.807, 2.05) is 13.8 Å². The van der Waals surface area contributed by atoms with Gasteiger partial charge in [-0.15, -0.1) is 24.0 Å². The minimum absolute atomic E-state index is 0. The predicted molar refractivity (Wildman–Crippen MR) is 87.6 cm³/mol.